The molecule has 0 aliphatic carbocycles. The van der Waals surface area contributed by atoms with Crippen LogP contribution >= 0.6 is 15.9 Å². The van der Waals surface area contributed by atoms with Gasteiger partial charge in [-0.2, -0.15) is 0 Å². The smallest absolute Gasteiger partial charge is 0.0320 e. The van der Waals surface area contributed by atoms with Gasteiger partial charge in [0.15, 0.2) is 0 Å². The SMILES string of the molecule is CCCNC(CCC(C)C)c1ccc2cc(Br)ccc2c1. The Morgan fingerprint density at radius 2 is 1.71 bits per heavy atom. The second-order valence-electron chi connectivity index (χ2n) is 6.23. The van der Waals surface area contributed by atoms with Crippen molar-refractivity contribution in [1.29, 1.82) is 0 Å². The van der Waals surface area contributed by atoms with Gasteiger partial charge < -0.3 is 5.32 Å². The third-order valence-electron chi connectivity index (χ3n) is 3.90. The zero-order valence-electron chi connectivity index (χ0n) is 13.3. The average molecular weight is 348 g/mol. The van der Waals surface area contributed by atoms with Gasteiger partial charge in [0, 0.05) is 10.5 Å². The molecule has 1 nitrogen and oxygen atoms in total. The zero-order chi connectivity index (χ0) is 15.2. The number of rotatable bonds is 7. The molecule has 21 heavy (non-hydrogen) atoms. The van der Waals surface area contributed by atoms with Gasteiger partial charge in [0.1, 0.15) is 0 Å². The highest BCUT2D eigenvalue weighted by Gasteiger charge is 2.12. The number of nitrogens with one attached hydrogen (secondary N) is 1. The summed E-state index contributed by atoms with van der Waals surface area (Å²) in [5, 5.41) is 6.33. The number of hydrogen-bond acceptors (Lipinski definition) is 1. The summed E-state index contributed by atoms with van der Waals surface area (Å²) in [6, 6.07) is 13.8. The Bertz CT molecular complexity index is 577. The molecular formula is C19H26BrN. The second-order valence-corrected chi connectivity index (χ2v) is 7.14. The van der Waals surface area contributed by atoms with Crippen LogP contribution in [0.15, 0.2) is 40.9 Å². The molecule has 2 rings (SSSR count). The van der Waals surface area contributed by atoms with E-state index in [-0.39, 0.29) is 0 Å². The Hall–Kier alpha value is -0.860. The van der Waals surface area contributed by atoms with Crippen LogP contribution in [0.3, 0.4) is 0 Å². The van der Waals surface area contributed by atoms with E-state index in [4.69, 9.17) is 0 Å². The summed E-state index contributed by atoms with van der Waals surface area (Å²) < 4.78 is 1.14. The highest BCUT2D eigenvalue weighted by molar-refractivity contribution is 9.10. The van der Waals surface area contributed by atoms with Gasteiger partial charge in [0.25, 0.3) is 0 Å². The molecule has 0 saturated carbocycles. The predicted octanol–water partition coefficient (Wildman–Crippen LogP) is 6.08. The van der Waals surface area contributed by atoms with Gasteiger partial charge in [-0.15, -0.1) is 0 Å². The summed E-state index contributed by atoms with van der Waals surface area (Å²) in [4.78, 5) is 0. The van der Waals surface area contributed by atoms with E-state index in [0.717, 1.165) is 16.9 Å². The van der Waals surface area contributed by atoms with Crippen LogP contribution in [0, 0.1) is 5.92 Å². The van der Waals surface area contributed by atoms with Crippen molar-refractivity contribution < 1.29 is 0 Å². The minimum Gasteiger partial charge on any atom is -0.310 e. The normalized spacial score (nSPS) is 13.0. The average Bonchev–Trinajstić information content (AvgIpc) is 2.46. The maximum atomic E-state index is 3.71. The van der Waals surface area contributed by atoms with Gasteiger partial charge in [0.2, 0.25) is 0 Å². The standard InChI is InChI=1S/C19H26BrN/c1-4-11-21-19(10-5-14(2)3)17-7-6-16-13-18(20)9-8-15(16)12-17/h6-9,12-14,19,21H,4-5,10-11H2,1-3H3. The van der Waals surface area contributed by atoms with Crippen molar-refractivity contribution in [2.45, 2.75) is 46.1 Å². The molecular weight excluding hydrogens is 322 g/mol. The van der Waals surface area contributed by atoms with Crippen LogP contribution in [-0.4, -0.2) is 6.54 Å². The Morgan fingerprint density at radius 3 is 2.43 bits per heavy atom. The summed E-state index contributed by atoms with van der Waals surface area (Å²) in [6.07, 6.45) is 3.65. The van der Waals surface area contributed by atoms with Gasteiger partial charge in [-0.1, -0.05) is 54.9 Å². The Kier molecular flexibility index (Phi) is 6.25. The molecule has 0 bridgehead atoms. The van der Waals surface area contributed by atoms with E-state index in [0.29, 0.717) is 6.04 Å². The minimum atomic E-state index is 0.473. The molecule has 1 atom stereocenters. The molecule has 2 heteroatoms. The van der Waals surface area contributed by atoms with Crippen LogP contribution < -0.4 is 5.32 Å². The summed E-state index contributed by atoms with van der Waals surface area (Å²) >= 11 is 3.54. The first kappa shape index (κ1) is 16.5. The highest BCUT2D eigenvalue weighted by Crippen LogP contribution is 2.26. The van der Waals surface area contributed by atoms with Crippen LogP contribution in [-0.2, 0) is 0 Å². The lowest BCUT2D eigenvalue weighted by Crippen LogP contribution is -2.22. The summed E-state index contributed by atoms with van der Waals surface area (Å²) in [5.74, 6) is 0.757. The maximum absolute atomic E-state index is 3.71. The number of halogens is 1. The summed E-state index contributed by atoms with van der Waals surface area (Å²) in [6.45, 7) is 7.91. The van der Waals surface area contributed by atoms with Gasteiger partial charge in [0.05, 0.1) is 0 Å². The van der Waals surface area contributed by atoms with E-state index < -0.39 is 0 Å². The maximum Gasteiger partial charge on any atom is 0.0320 e. The molecule has 1 unspecified atom stereocenters. The third kappa shape index (κ3) is 4.82. The number of fused-ring (bicyclic) bond motifs is 1. The Balaban J connectivity index is 2.23. The lowest BCUT2D eigenvalue weighted by Gasteiger charge is -2.20. The molecule has 0 aromatic heterocycles. The summed E-state index contributed by atoms with van der Waals surface area (Å²) in [7, 11) is 0. The molecule has 1 N–H and O–H groups in total. The minimum absolute atomic E-state index is 0.473. The van der Waals surface area contributed by atoms with Crippen molar-refractivity contribution >= 4 is 26.7 Å². The lowest BCUT2D eigenvalue weighted by molar-refractivity contribution is 0.441. The van der Waals surface area contributed by atoms with Crippen LogP contribution in [0.2, 0.25) is 0 Å². The first-order chi connectivity index (χ1) is 10.1. The topological polar surface area (TPSA) is 12.0 Å². The van der Waals surface area contributed by atoms with Crippen LogP contribution in [0.4, 0.5) is 0 Å². The van der Waals surface area contributed by atoms with Crippen molar-refractivity contribution in [1.82, 2.24) is 5.32 Å². The van der Waals surface area contributed by atoms with E-state index in [9.17, 15) is 0 Å². The first-order valence-electron chi connectivity index (χ1n) is 8.02. The number of hydrogen-bond donors (Lipinski definition) is 1. The Morgan fingerprint density at radius 1 is 1.00 bits per heavy atom. The van der Waals surface area contributed by atoms with Crippen LogP contribution in [0.25, 0.3) is 10.8 Å². The predicted molar refractivity (Wildman–Crippen MR) is 96.8 cm³/mol. The van der Waals surface area contributed by atoms with Crippen LogP contribution in [0.5, 0.6) is 0 Å². The number of benzene rings is 2. The second kappa shape index (κ2) is 7.95. The molecule has 0 aliphatic rings. The van der Waals surface area contributed by atoms with E-state index in [2.05, 4.69) is 78.4 Å². The van der Waals surface area contributed by atoms with Gasteiger partial charge in [-0.25, -0.2) is 0 Å². The zero-order valence-corrected chi connectivity index (χ0v) is 14.9. The Labute approximate surface area is 137 Å². The fourth-order valence-corrected chi connectivity index (χ4v) is 3.04. The van der Waals surface area contributed by atoms with Crippen molar-refractivity contribution in [2.75, 3.05) is 6.54 Å². The fraction of sp³-hybridized carbons (Fsp3) is 0.474. The summed E-state index contributed by atoms with van der Waals surface area (Å²) in [5.41, 5.74) is 1.42. The quantitative estimate of drug-likeness (QED) is 0.639. The van der Waals surface area contributed by atoms with E-state index in [1.165, 1.54) is 35.6 Å². The molecule has 0 spiro atoms. The molecule has 0 fully saturated rings. The molecule has 0 radical (unpaired) electrons. The van der Waals surface area contributed by atoms with Gasteiger partial charge >= 0.3 is 0 Å². The van der Waals surface area contributed by atoms with Crippen molar-refractivity contribution in [3.05, 3.63) is 46.4 Å². The molecule has 0 saturated heterocycles. The van der Waals surface area contributed by atoms with Crippen LogP contribution in [0.1, 0.15) is 51.6 Å². The largest absolute Gasteiger partial charge is 0.310 e. The van der Waals surface area contributed by atoms with E-state index in [1.54, 1.807) is 0 Å². The van der Waals surface area contributed by atoms with Crippen molar-refractivity contribution in [2.24, 2.45) is 5.92 Å². The molecule has 2 aromatic rings. The molecule has 0 aliphatic heterocycles. The van der Waals surface area contributed by atoms with E-state index in [1.807, 2.05) is 0 Å². The third-order valence-corrected chi connectivity index (χ3v) is 4.40. The first-order valence-corrected chi connectivity index (χ1v) is 8.82. The van der Waals surface area contributed by atoms with Gasteiger partial charge in [-0.3, -0.25) is 0 Å². The molecule has 0 heterocycles. The molecule has 0 amide bonds. The fourth-order valence-electron chi connectivity index (χ4n) is 2.66. The van der Waals surface area contributed by atoms with Crippen molar-refractivity contribution in [3.8, 4) is 0 Å². The molecule has 2 aromatic carbocycles. The molecule has 114 valence electrons. The highest BCUT2D eigenvalue weighted by atomic mass is 79.9. The monoisotopic (exact) mass is 347 g/mol. The van der Waals surface area contributed by atoms with Gasteiger partial charge in [-0.05, 0) is 66.3 Å². The van der Waals surface area contributed by atoms with Crippen molar-refractivity contribution in [3.63, 3.8) is 0 Å². The lowest BCUT2D eigenvalue weighted by atomic mass is 9.95. The van der Waals surface area contributed by atoms with E-state index >= 15 is 0 Å².